The van der Waals surface area contributed by atoms with Crippen molar-refractivity contribution in [1.82, 2.24) is 0 Å². The number of hydrogen-bond donors (Lipinski definition) is 1. The van der Waals surface area contributed by atoms with Gasteiger partial charge in [-0.05, 0) is 32.0 Å². The van der Waals surface area contributed by atoms with Crippen LogP contribution in [0.25, 0.3) is 0 Å². The molecule has 1 rings (SSSR count). The lowest BCUT2D eigenvalue weighted by molar-refractivity contribution is -0.105. The molecule has 1 amide bonds. The molecule has 0 unspecified atom stereocenters. The van der Waals surface area contributed by atoms with Gasteiger partial charge in [0.05, 0.1) is 11.8 Å². The number of carbonyl (C=O) groups excluding carboxylic acids is 1. The molecule has 0 aliphatic heterocycles. The number of benzene rings is 1. The van der Waals surface area contributed by atoms with Crippen LogP contribution in [0.15, 0.2) is 22.7 Å². The summed E-state index contributed by atoms with van der Waals surface area (Å²) in [6, 6.07) is 5.46. The first-order chi connectivity index (χ1) is 6.63. The third kappa shape index (κ3) is 3.03. The zero-order chi connectivity index (χ0) is 10.6. The predicted molar refractivity (Wildman–Crippen MR) is 59.6 cm³/mol. The maximum Gasteiger partial charge on any atom is 0.211 e. The first kappa shape index (κ1) is 11.0. The van der Waals surface area contributed by atoms with Gasteiger partial charge in [0, 0.05) is 4.47 Å². The van der Waals surface area contributed by atoms with Gasteiger partial charge < -0.3 is 10.1 Å². The Labute approximate surface area is 91.6 Å². The van der Waals surface area contributed by atoms with Crippen molar-refractivity contribution in [1.29, 1.82) is 0 Å². The highest BCUT2D eigenvalue weighted by molar-refractivity contribution is 9.10. The normalized spacial score (nSPS) is 10.0. The zero-order valence-corrected chi connectivity index (χ0v) is 9.67. The van der Waals surface area contributed by atoms with Gasteiger partial charge in [-0.1, -0.05) is 15.9 Å². The van der Waals surface area contributed by atoms with Crippen LogP contribution in [-0.4, -0.2) is 12.5 Å². The number of rotatable bonds is 4. The maximum absolute atomic E-state index is 10.3. The van der Waals surface area contributed by atoms with Gasteiger partial charge in [-0.3, -0.25) is 4.79 Å². The van der Waals surface area contributed by atoms with Crippen LogP contribution in [0.4, 0.5) is 5.69 Å². The quantitative estimate of drug-likeness (QED) is 0.843. The summed E-state index contributed by atoms with van der Waals surface area (Å²) in [7, 11) is 0. The summed E-state index contributed by atoms with van der Waals surface area (Å²) in [6.07, 6.45) is 0.715. The van der Waals surface area contributed by atoms with Crippen LogP contribution < -0.4 is 10.1 Å². The van der Waals surface area contributed by atoms with E-state index in [0.717, 1.165) is 4.47 Å². The van der Waals surface area contributed by atoms with Crippen molar-refractivity contribution in [2.45, 2.75) is 20.0 Å². The van der Waals surface area contributed by atoms with E-state index in [2.05, 4.69) is 21.2 Å². The summed E-state index contributed by atoms with van der Waals surface area (Å²) >= 11 is 3.34. The van der Waals surface area contributed by atoms with Crippen molar-refractivity contribution in [2.75, 3.05) is 5.32 Å². The molecule has 0 heterocycles. The van der Waals surface area contributed by atoms with Gasteiger partial charge in [0.1, 0.15) is 5.75 Å². The molecule has 0 aromatic heterocycles. The number of amides is 1. The third-order valence-corrected chi connectivity index (χ3v) is 2.01. The van der Waals surface area contributed by atoms with Crippen LogP contribution in [0.5, 0.6) is 5.75 Å². The second kappa shape index (κ2) is 5.00. The smallest absolute Gasteiger partial charge is 0.211 e. The topological polar surface area (TPSA) is 38.3 Å². The maximum atomic E-state index is 10.3. The monoisotopic (exact) mass is 257 g/mol. The van der Waals surface area contributed by atoms with Gasteiger partial charge in [0.2, 0.25) is 6.41 Å². The van der Waals surface area contributed by atoms with E-state index in [1.807, 2.05) is 26.0 Å². The van der Waals surface area contributed by atoms with Gasteiger partial charge in [-0.25, -0.2) is 0 Å². The average molecular weight is 258 g/mol. The van der Waals surface area contributed by atoms with Crippen LogP contribution in [-0.2, 0) is 4.79 Å². The summed E-state index contributed by atoms with van der Waals surface area (Å²) < 4.78 is 6.45. The first-order valence-electron chi connectivity index (χ1n) is 4.30. The lowest BCUT2D eigenvalue weighted by atomic mass is 10.3. The Hall–Kier alpha value is -1.03. The summed E-state index contributed by atoms with van der Waals surface area (Å²) in [5.41, 5.74) is 0.678. The number of anilines is 1. The number of nitrogens with one attached hydrogen (secondary N) is 1. The van der Waals surface area contributed by atoms with Crippen LogP contribution in [0.3, 0.4) is 0 Å². The number of halogens is 1. The highest BCUT2D eigenvalue weighted by Gasteiger charge is 2.05. The molecule has 14 heavy (non-hydrogen) atoms. The van der Waals surface area contributed by atoms with E-state index in [9.17, 15) is 4.79 Å². The SMILES string of the molecule is CC(C)Oc1cc(Br)ccc1NC=O. The fourth-order valence-corrected chi connectivity index (χ4v) is 1.37. The van der Waals surface area contributed by atoms with Crippen LogP contribution >= 0.6 is 15.9 Å². The minimum Gasteiger partial charge on any atom is -0.489 e. The molecule has 0 aliphatic rings. The van der Waals surface area contributed by atoms with E-state index in [1.54, 1.807) is 6.07 Å². The summed E-state index contributed by atoms with van der Waals surface area (Å²) in [5.74, 6) is 0.668. The molecule has 1 aromatic rings. The summed E-state index contributed by atoms with van der Waals surface area (Å²) in [5, 5.41) is 2.58. The molecule has 4 heteroatoms. The molecule has 0 saturated heterocycles. The molecule has 0 radical (unpaired) electrons. The molecule has 0 saturated carbocycles. The Morgan fingerprint density at radius 1 is 1.50 bits per heavy atom. The van der Waals surface area contributed by atoms with Gasteiger partial charge in [0.25, 0.3) is 0 Å². The van der Waals surface area contributed by atoms with E-state index in [0.29, 0.717) is 17.8 Å². The Balaban J connectivity index is 2.96. The molecule has 0 bridgehead atoms. The van der Waals surface area contributed by atoms with E-state index in [4.69, 9.17) is 4.74 Å². The van der Waals surface area contributed by atoms with Gasteiger partial charge in [-0.2, -0.15) is 0 Å². The second-order valence-corrected chi connectivity index (χ2v) is 3.98. The number of hydrogen-bond acceptors (Lipinski definition) is 2. The van der Waals surface area contributed by atoms with E-state index >= 15 is 0 Å². The molecule has 0 atom stereocenters. The van der Waals surface area contributed by atoms with Crippen molar-refractivity contribution in [3.05, 3.63) is 22.7 Å². The Morgan fingerprint density at radius 3 is 2.79 bits per heavy atom. The zero-order valence-electron chi connectivity index (χ0n) is 8.08. The number of carbonyl (C=O) groups is 1. The molecule has 0 spiro atoms. The van der Waals surface area contributed by atoms with Crippen LogP contribution in [0.2, 0.25) is 0 Å². The number of ether oxygens (including phenoxy) is 1. The van der Waals surface area contributed by atoms with E-state index in [-0.39, 0.29) is 6.10 Å². The average Bonchev–Trinajstić information content (AvgIpc) is 2.09. The largest absolute Gasteiger partial charge is 0.489 e. The van der Waals surface area contributed by atoms with Gasteiger partial charge in [-0.15, -0.1) is 0 Å². The molecular weight excluding hydrogens is 246 g/mol. The van der Waals surface area contributed by atoms with Crippen LogP contribution in [0.1, 0.15) is 13.8 Å². The van der Waals surface area contributed by atoms with Crippen molar-refractivity contribution >= 4 is 28.0 Å². The Kier molecular flexibility index (Phi) is 3.95. The van der Waals surface area contributed by atoms with E-state index in [1.165, 1.54) is 0 Å². The second-order valence-electron chi connectivity index (χ2n) is 3.07. The van der Waals surface area contributed by atoms with Crippen molar-refractivity contribution in [3.63, 3.8) is 0 Å². The van der Waals surface area contributed by atoms with Gasteiger partial charge in [0.15, 0.2) is 0 Å². The first-order valence-corrected chi connectivity index (χ1v) is 5.09. The Bertz CT molecular complexity index is 326. The highest BCUT2D eigenvalue weighted by Crippen LogP contribution is 2.28. The van der Waals surface area contributed by atoms with Crippen molar-refractivity contribution in [2.24, 2.45) is 0 Å². The standard InChI is InChI=1S/C10H12BrNO2/c1-7(2)14-10-5-8(11)3-4-9(10)12-6-13/h3-7H,1-2H3,(H,12,13). The highest BCUT2D eigenvalue weighted by atomic mass is 79.9. The fraction of sp³-hybridized carbons (Fsp3) is 0.300. The molecule has 1 N–H and O–H groups in total. The molecule has 3 nitrogen and oxygen atoms in total. The van der Waals surface area contributed by atoms with Crippen molar-refractivity contribution in [3.8, 4) is 5.75 Å². The Morgan fingerprint density at radius 2 is 2.21 bits per heavy atom. The van der Waals surface area contributed by atoms with Crippen LogP contribution in [0, 0.1) is 0 Å². The molecule has 0 aliphatic carbocycles. The minimum atomic E-state index is 0.0801. The third-order valence-electron chi connectivity index (χ3n) is 1.52. The fourth-order valence-electron chi connectivity index (χ4n) is 1.03. The predicted octanol–water partition coefficient (Wildman–Crippen LogP) is 2.80. The summed E-state index contributed by atoms with van der Waals surface area (Å²) in [6.45, 7) is 3.87. The lowest BCUT2D eigenvalue weighted by Gasteiger charge is -2.13. The molecule has 76 valence electrons. The molecule has 0 fully saturated rings. The lowest BCUT2D eigenvalue weighted by Crippen LogP contribution is -2.08. The van der Waals surface area contributed by atoms with E-state index < -0.39 is 0 Å². The minimum absolute atomic E-state index is 0.0801. The molecule has 1 aromatic carbocycles. The van der Waals surface area contributed by atoms with Gasteiger partial charge >= 0.3 is 0 Å². The van der Waals surface area contributed by atoms with Crippen molar-refractivity contribution < 1.29 is 9.53 Å². The molecular formula is C10H12BrNO2. The summed E-state index contributed by atoms with van der Waals surface area (Å²) in [4.78, 5) is 10.3.